The van der Waals surface area contributed by atoms with Gasteiger partial charge in [0.2, 0.25) is 5.91 Å². The molecule has 98 valence electrons. The molecule has 0 atom stereocenters. The molecule has 18 heavy (non-hydrogen) atoms. The third-order valence-corrected chi connectivity index (χ3v) is 3.17. The minimum absolute atomic E-state index is 0.0158. The Morgan fingerprint density at radius 1 is 1.39 bits per heavy atom. The van der Waals surface area contributed by atoms with Crippen molar-refractivity contribution in [2.24, 2.45) is 0 Å². The highest BCUT2D eigenvalue weighted by molar-refractivity contribution is 9.10. The summed E-state index contributed by atoms with van der Waals surface area (Å²) in [4.78, 5) is 13.6. The smallest absolute Gasteiger partial charge is 0.246 e. The van der Waals surface area contributed by atoms with Crippen molar-refractivity contribution in [2.45, 2.75) is 13.8 Å². The van der Waals surface area contributed by atoms with Crippen molar-refractivity contribution >= 4 is 27.9 Å². The molecule has 0 heterocycles. The van der Waals surface area contributed by atoms with Crippen LogP contribution in [0.4, 0.5) is 0 Å². The molecule has 0 bridgehead atoms. The molecule has 0 unspecified atom stereocenters. The minimum atomic E-state index is 0.0158. The minimum Gasteiger partial charge on any atom is -0.496 e. The van der Waals surface area contributed by atoms with Crippen LogP contribution < -0.4 is 4.74 Å². The van der Waals surface area contributed by atoms with E-state index >= 15 is 0 Å². The van der Waals surface area contributed by atoms with Gasteiger partial charge >= 0.3 is 0 Å². The zero-order valence-corrected chi connectivity index (χ0v) is 12.5. The molecule has 0 saturated heterocycles. The van der Waals surface area contributed by atoms with Gasteiger partial charge in [-0.15, -0.1) is 0 Å². The highest BCUT2D eigenvalue weighted by atomic mass is 79.9. The van der Waals surface area contributed by atoms with E-state index in [-0.39, 0.29) is 5.91 Å². The normalized spacial score (nSPS) is 10.7. The summed E-state index contributed by atoms with van der Waals surface area (Å²) in [6, 6.07) is 5.69. The van der Waals surface area contributed by atoms with Crippen molar-refractivity contribution < 1.29 is 9.53 Å². The second-order valence-electron chi connectivity index (χ2n) is 3.73. The second kappa shape index (κ2) is 7.21. The van der Waals surface area contributed by atoms with Crippen LogP contribution in [0.3, 0.4) is 0 Å². The van der Waals surface area contributed by atoms with Crippen LogP contribution in [-0.4, -0.2) is 31.0 Å². The third kappa shape index (κ3) is 3.88. The second-order valence-corrected chi connectivity index (χ2v) is 4.65. The number of likely N-dealkylation sites (N-methyl/N-ethyl adjacent to an activating group) is 1. The summed E-state index contributed by atoms with van der Waals surface area (Å²) in [6.07, 6.45) is 3.36. The van der Waals surface area contributed by atoms with Crippen molar-refractivity contribution in [3.63, 3.8) is 0 Å². The van der Waals surface area contributed by atoms with Crippen LogP contribution in [0, 0.1) is 0 Å². The molecule has 0 saturated carbocycles. The SMILES string of the molecule is CCN(CC)C(=O)/C=C/c1cc(Br)ccc1OC. The standard InChI is InChI=1S/C14H18BrNO2/c1-4-16(5-2)14(17)9-6-11-10-12(15)7-8-13(11)18-3/h6-10H,4-5H2,1-3H3/b9-6+. The number of halogens is 1. The predicted octanol–water partition coefficient (Wildman–Crippen LogP) is 3.34. The summed E-state index contributed by atoms with van der Waals surface area (Å²) in [7, 11) is 1.62. The van der Waals surface area contributed by atoms with Gasteiger partial charge in [0.15, 0.2) is 0 Å². The molecule has 0 aliphatic rings. The Hall–Kier alpha value is -1.29. The number of amides is 1. The van der Waals surface area contributed by atoms with E-state index in [1.807, 2.05) is 32.0 Å². The Labute approximate surface area is 117 Å². The average Bonchev–Trinajstić information content (AvgIpc) is 2.38. The molecule has 0 fully saturated rings. The molecule has 1 rings (SSSR count). The molecule has 0 aliphatic heterocycles. The first-order chi connectivity index (χ1) is 8.62. The molecule has 1 amide bonds. The summed E-state index contributed by atoms with van der Waals surface area (Å²) >= 11 is 3.40. The van der Waals surface area contributed by atoms with Crippen molar-refractivity contribution in [3.8, 4) is 5.75 Å². The molecule has 1 aromatic carbocycles. The topological polar surface area (TPSA) is 29.5 Å². The van der Waals surface area contributed by atoms with E-state index in [0.717, 1.165) is 28.9 Å². The predicted molar refractivity (Wildman–Crippen MR) is 77.7 cm³/mol. The molecule has 0 N–H and O–H groups in total. The number of hydrogen-bond acceptors (Lipinski definition) is 2. The lowest BCUT2D eigenvalue weighted by Gasteiger charge is -2.16. The Kier molecular flexibility index (Phi) is 5.92. The Morgan fingerprint density at radius 2 is 2.06 bits per heavy atom. The molecule has 0 aromatic heterocycles. The van der Waals surface area contributed by atoms with E-state index in [1.54, 1.807) is 24.2 Å². The lowest BCUT2D eigenvalue weighted by Crippen LogP contribution is -2.28. The molecule has 0 spiro atoms. The maximum Gasteiger partial charge on any atom is 0.246 e. The molecule has 3 nitrogen and oxygen atoms in total. The largest absolute Gasteiger partial charge is 0.496 e. The van der Waals surface area contributed by atoms with Crippen LogP contribution in [0.25, 0.3) is 6.08 Å². The molecule has 4 heteroatoms. The van der Waals surface area contributed by atoms with Gasteiger partial charge in [0.25, 0.3) is 0 Å². The van der Waals surface area contributed by atoms with Crippen LogP contribution in [-0.2, 0) is 4.79 Å². The van der Waals surface area contributed by atoms with Gasteiger partial charge in [0.1, 0.15) is 5.75 Å². The molecular formula is C14H18BrNO2. The lowest BCUT2D eigenvalue weighted by molar-refractivity contribution is -0.125. The fraction of sp³-hybridized carbons (Fsp3) is 0.357. The summed E-state index contributed by atoms with van der Waals surface area (Å²) in [6.45, 7) is 5.37. The zero-order valence-electron chi connectivity index (χ0n) is 10.9. The fourth-order valence-corrected chi connectivity index (χ4v) is 2.02. The first-order valence-corrected chi connectivity index (χ1v) is 6.72. The van der Waals surface area contributed by atoms with Crippen molar-refractivity contribution in [1.82, 2.24) is 4.90 Å². The van der Waals surface area contributed by atoms with E-state index < -0.39 is 0 Å². The van der Waals surface area contributed by atoms with E-state index in [1.165, 1.54) is 0 Å². The molecular weight excluding hydrogens is 294 g/mol. The van der Waals surface area contributed by atoms with Gasteiger partial charge in [-0.2, -0.15) is 0 Å². The zero-order chi connectivity index (χ0) is 13.5. The van der Waals surface area contributed by atoms with Gasteiger partial charge < -0.3 is 9.64 Å². The fourth-order valence-electron chi connectivity index (χ4n) is 1.64. The van der Waals surface area contributed by atoms with Gasteiger partial charge in [-0.25, -0.2) is 0 Å². The number of benzene rings is 1. The maximum absolute atomic E-state index is 11.8. The van der Waals surface area contributed by atoms with Crippen molar-refractivity contribution in [1.29, 1.82) is 0 Å². The first-order valence-electron chi connectivity index (χ1n) is 5.92. The van der Waals surface area contributed by atoms with Gasteiger partial charge in [-0.1, -0.05) is 15.9 Å². The number of hydrogen-bond donors (Lipinski definition) is 0. The summed E-state index contributed by atoms with van der Waals surface area (Å²) in [5.74, 6) is 0.767. The molecule has 0 aliphatic carbocycles. The monoisotopic (exact) mass is 311 g/mol. The highest BCUT2D eigenvalue weighted by Crippen LogP contribution is 2.24. The van der Waals surface area contributed by atoms with Crippen LogP contribution >= 0.6 is 15.9 Å². The van der Waals surface area contributed by atoms with Crippen molar-refractivity contribution in [2.75, 3.05) is 20.2 Å². The summed E-state index contributed by atoms with van der Waals surface area (Å²) in [5, 5.41) is 0. The van der Waals surface area contributed by atoms with Crippen molar-refractivity contribution in [3.05, 3.63) is 34.3 Å². The number of nitrogens with zero attached hydrogens (tertiary/aromatic N) is 1. The van der Waals surface area contributed by atoms with E-state index in [9.17, 15) is 4.79 Å². The van der Waals surface area contributed by atoms with Crippen LogP contribution in [0.15, 0.2) is 28.7 Å². The Bertz CT molecular complexity index is 439. The number of ether oxygens (including phenoxy) is 1. The molecule has 1 aromatic rings. The lowest BCUT2D eigenvalue weighted by atomic mass is 10.2. The van der Waals surface area contributed by atoms with Crippen LogP contribution in [0.2, 0.25) is 0 Å². The van der Waals surface area contributed by atoms with E-state index in [0.29, 0.717) is 0 Å². The van der Waals surface area contributed by atoms with Crippen LogP contribution in [0.5, 0.6) is 5.75 Å². The number of carbonyl (C=O) groups excluding carboxylic acids is 1. The van der Waals surface area contributed by atoms with Gasteiger partial charge in [-0.05, 0) is 38.1 Å². The number of methoxy groups -OCH3 is 1. The summed E-state index contributed by atoms with van der Waals surface area (Å²) in [5.41, 5.74) is 0.882. The third-order valence-electron chi connectivity index (χ3n) is 2.67. The maximum atomic E-state index is 11.8. The van der Waals surface area contributed by atoms with Crippen LogP contribution in [0.1, 0.15) is 19.4 Å². The summed E-state index contributed by atoms with van der Waals surface area (Å²) < 4.78 is 6.21. The number of carbonyl (C=O) groups is 1. The van der Waals surface area contributed by atoms with Gasteiger partial charge in [0.05, 0.1) is 7.11 Å². The highest BCUT2D eigenvalue weighted by Gasteiger charge is 2.06. The van der Waals surface area contributed by atoms with Gasteiger partial charge in [-0.3, -0.25) is 4.79 Å². The quantitative estimate of drug-likeness (QED) is 0.781. The number of rotatable bonds is 5. The molecule has 0 radical (unpaired) electrons. The average molecular weight is 312 g/mol. The first kappa shape index (κ1) is 14.8. The van der Waals surface area contributed by atoms with E-state index in [4.69, 9.17) is 4.74 Å². The Balaban J connectivity index is 2.89. The van der Waals surface area contributed by atoms with E-state index in [2.05, 4.69) is 15.9 Å². The Morgan fingerprint density at radius 3 is 2.61 bits per heavy atom. The van der Waals surface area contributed by atoms with Gasteiger partial charge in [0, 0.05) is 29.2 Å².